The van der Waals surface area contributed by atoms with Crippen molar-refractivity contribution in [1.29, 1.82) is 0 Å². The lowest BCUT2D eigenvalue weighted by Crippen LogP contribution is -2.34. The Labute approximate surface area is 175 Å². The Hall–Kier alpha value is -3.03. The summed E-state index contributed by atoms with van der Waals surface area (Å²) >= 11 is 0. The number of Topliss-reactive ketones (excluding diaryl/α,β-unsaturated/α-hetero) is 1. The largest absolute Gasteiger partial charge is 0.493 e. The molecule has 0 saturated carbocycles. The van der Waals surface area contributed by atoms with Crippen LogP contribution in [0.15, 0.2) is 30.0 Å². The highest BCUT2D eigenvalue weighted by atomic mass is 16.5. The molecule has 0 aromatic heterocycles. The van der Waals surface area contributed by atoms with Crippen LogP contribution in [0.1, 0.15) is 27.0 Å². The van der Waals surface area contributed by atoms with Crippen molar-refractivity contribution in [2.24, 2.45) is 0 Å². The Bertz CT molecular complexity index is 1010. The number of aryl methyl sites for hydroxylation is 1. The molecule has 0 unspecified atom stereocenters. The number of methoxy groups -OCH3 is 3. The number of para-hydroxylation sites is 1. The summed E-state index contributed by atoms with van der Waals surface area (Å²) in [5.74, 6) is 2.57. The normalized spacial score (nSPS) is 16.7. The summed E-state index contributed by atoms with van der Waals surface area (Å²) in [6, 6.07) is 7.42. The molecule has 0 saturated heterocycles. The summed E-state index contributed by atoms with van der Waals surface area (Å²) in [5.41, 5.74) is 3.00. The van der Waals surface area contributed by atoms with Crippen molar-refractivity contribution >= 4 is 11.9 Å². The first-order valence-corrected chi connectivity index (χ1v) is 9.73. The van der Waals surface area contributed by atoms with Gasteiger partial charge in [-0.3, -0.25) is 9.69 Å². The number of nitrogens with zero attached hydrogens (tertiary/aromatic N) is 1. The molecule has 4 rings (SSSR count). The Morgan fingerprint density at radius 2 is 2.03 bits per heavy atom. The Morgan fingerprint density at radius 3 is 2.77 bits per heavy atom. The summed E-state index contributed by atoms with van der Waals surface area (Å²) < 4.78 is 28.0. The summed E-state index contributed by atoms with van der Waals surface area (Å²) in [5, 5.41) is 0. The van der Waals surface area contributed by atoms with Gasteiger partial charge in [0.2, 0.25) is 5.78 Å². The number of ether oxygens (including phenoxy) is 5. The van der Waals surface area contributed by atoms with Gasteiger partial charge in [0.1, 0.15) is 18.2 Å². The minimum absolute atomic E-state index is 0.149. The molecule has 0 spiro atoms. The standard InChI is InChI=1S/C23H25NO6/c1-14-10-18-16(12-24(13-29-18)8-9-26-2)23-20(14)21(25)19(30-23)11-15-6-5-7-17(27-3)22(15)28-4/h5-7,10-11H,8-9,12-13H2,1-4H3/b19-11-. The van der Waals surface area contributed by atoms with Crippen LogP contribution < -0.4 is 18.9 Å². The second-order valence-corrected chi connectivity index (χ2v) is 7.22. The maximum absolute atomic E-state index is 13.2. The third kappa shape index (κ3) is 3.51. The van der Waals surface area contributed by atoms with Gasteiger partial charge in [-0.2, -0.15) is 0 Å². The molecule has 158 valence electrons. The molecule has 0 atom stereocenters. The van der Waals surface area contributed by atoms with E-state index in [1.807, 2.05) is 25.1 Å². The van der Waals surface area contributed by atoms with E-state index in [0.717, 1.165) is 23.4 Å². The minimum atomic E-state index is -0.149. The molecule has 7 nitrogen and oxygen atoms in total. The molecule has 2 heterocycles. The number of carbonyl (C=O) groups excluding carboxylic acids is 1. The summed E-state index contributed by atoms with van der Waals surface area (Å²) in [4.78, 5) is 15.3. The topological polar surface area (TPSA) is 66.5 Å². The smallest absolute Gasteiger partial charge is 0.232 e. The van der Waals surface area contributed by atoms with Crippen molar-refractivity contribution in [3.8, 4) is 23.0 Å². The van der Waals surface area contributed by atoms with Crippen LogP contribution in [0.5, 0.6) is 23.0 Å². The van der Waals surface area contributed by atoms with Gasteiger partial charge >= 0.3 is 0 Å². The van der Waals surface area contributed by atoms with Gasteiger partial charge in [0, 0.05) is 25.8 Å². The first kappa shape index (κ1) is 20.3. The van der Waals surface area contributed by atoms with Gasteiger partial charge in [-0.05, 0) is 30.7 Å². The average molecular weight is 411 g/mol. The van der Waals surface area contributed by atoms with Gasteiger partial charge in [-0.15, -0.1) is 0 Å². The molecular weight excluding hydrogens is 386 g/mol. The molecule has 0 aliphatic carbocycles. The number of carbonyl (C=O) groups is 1. The molecule has 30 heavy (non-hydrogen) atoms. The van der Waals surface area contributed by atoms with Gasteiger partial charge in [0.05, 0.1) is 32.0 Å². The second kappa shape index (κ2) is 8.38. The maximum atomic E-state index is 13.2. The second-order valence-electron chi connectivity index (χ2n) is 7.22. The highest BCUT2D eigenvalue weighted by molar-refractivity contribution is 6.16. The van der Waals surface area contributed by atoms with Crippen molar-refractivity contribution in [3.05, 3.63) is 52.3 Å². The van der Waals surface area contributed by atoms with E-state index in [2.05, 4.69) is 4.90 Å². The minimum Gasteiger partial charge on any atom is -0.493 e. The zero-order chi connectivity index (χ0) is 21.3. The molecule has 2 aromatic carbocycles. The Balaban J connectivity index is 1.72. The number of allylic oxidation sites excluding steroid dienone is 1. The van der Waals surface area contributed by atoms with Gasteiger partial charge in [0.25, 0.3) is 0 Å². The number of hydrogen-bond acceptors (Lipinski definition) is 7. The van der Waals surface area contributed by atoms with Crippen molar-refractivity contribution in [3.63, 3.8) is 0 Å². The number of ketones is 1. The predicted octanol–water partition coefficient (Wildman–Crippen LogP) is 3.43. The fraction of sp³-hybridized carbons (Fsp3) is 0.348. The van der Waals surface area contributed by atoms with Crippen LogP contribution in [-0.4, -0.2) is 51.9 Å². The molecule has 0 fully saturated rings. The predicted molar refractivity (Wildman–Crippen MR) is 111 cm³/mol. The first-order valence-electron chi connectivity index (χ1n) is 9.73. The molecule has 0 amide bonds. The third-order valence-electron chi connectivity index (χ3n) is 5.32. The molecule has 2 aliphatic heterocycles. The number of rotatable bonds is 6. The average Bonchev–Trinajstić information content (AvgIpc) is 3.09. The van der Waals surface area contributed by atoms with Crippen LogP contribution in [0.2, 0.25) is 0 Å². The van der Waals surface area contributed by atoms with E-state index in [9.17, 15) is 4.79 Å². The lowest BCUT2D eigenvalue weighted by molar-refractivity contribution is 0.0646. The van der Waals surface area contributed by atoms with Crippen molar-refractivity contribution in [2.45, 2.75) is 13.5 Å². The van der Waals surface area contributed by atoms with Crippen LogP contribution in [0.25, 0.3) is 6.08 Å². The van der Waals surface area contributed by atoms with Crippen LogP contribution in [0.3, 0.4) is 0 Å². The molecule has 0 N–H and O–H groups in total. The van der Waals surface area contributed by atoms with Crippen molar-refractivity contribution < 1.29 is 28.5 Å². The van der Waals surface area contributed by atoms with Crippen molar-refractivity contribution in [1.82, 2.24) is 4.90 Å². The molecular formula is C23H25NO6. The quantitative estimate of drug-likeness (QED) is 0.675. The third-order valence-corrected chi connectivity index (χ3v) is 5.32. The van der Waals surface area contributed by atoms with Crippen LogP contribution >= 0.6 is 0 Å². The Morgan fingerprint density at radius 1 is 1.20 bits per heavy atom. The van der Waals surface area contributed by atoms with Gasteiger partial charge < -0.3 is 23.7 Å². The van der Waals surface area contributed by atoms with E-state index in [0.29, 0.717) is 48.3 Å². The van der Waals surface area contributed by atoms with Gasteiger partial charge in [-0.25, -0.2) is 0 Å². The number of fused-ring (bicyclic) bond motifs is 3. The fourth-order valence-corrected chi connectivity index (χ4v) is 3.81. The lowest BCUT2D eigenvalue weighted by Gasteiger charge is -2.29. The zero-order valence-electron chi connectivity index (χ0n) is 17.6. The Kier molecular flexibility index (Phi) is 5.65. The van der Waals surface area contributed by atoms with E-state index in [1.54, 1.807) is 33.5 Å². The molecule has 0 radical (unpaired) electrons. The first-order chi connectivity index (χ1) is 14.6. The monoisotopic (exact) mass is 411 g/mol. The lowest BCUT2D eigenvalue weighted by atomic mass is 9.98. The summed E-state index contributed by atoms with van der Waals surface area (Å²) in [7, 11) is 4.82. The van der Waals surface area contributed by atoms with E-state index in [4.69, 9.17) is 23.7 Å². The zero-order valence-corrected chi connectivity index (χ0v) is 17.6. The molecule has 2 aliphatic rings. The maximum Gasteiger partial charge on any atom is 0.232 e. The van der Waals surface area contributed by atoms with Crippen LogP contribution in [0.4, 0.5) is 0 Å². The molecule has 7 heteroatoms. The van der Waals surface area contributed by atoms with E-state index < -0.39 is 0 Å². The van der Waals surface area contributed by atoms with Crippen LogP contribution in [0, 0.1) is 6.92 Å². The van der Waals surface area contributed by atoms with E-state index in [-0.39, 0.29) is 11.5 Å². The van der Waals surface area contributed by atoms with Crippen molar-refractivity contribution in [2.75, 3.05) is 41.2 Å². The van der Waals surface area contributed by atoms with E-state index >= 15 is 0 Å². The number of benzene rings is 2. The molecule has 0 bridgehead atoms. The SMILES string of the molecule is COCCN1COc2cc(C)c3c(c2C1)O/C(=C\c1cccc(OC)c1OC)C3=O. The highest BCUT2D eigenvalue weighted by Gasteiger charge is 2.35. The van der Waals surface area contributed by atoms with Gasteiger partial charge in [0.15, 0.2) is 17.3 Å². The summed E-state index contributed by atoms with van der Waals surface area (Å²) in [6.07, 6.45) is 1.70. The molecule has 2 aromatic rings. The highest BCUT2D eigenvalue weighted by Crippen LogP contribution is 2.44. The number of hydrogen-bond donors (Lipinski definition) is 0. The van der Waals surface area contributed by atoms with Crippen LogP contribution in [-0.2, 0) is 11.3 Å². The summed E-state index contributed by atoms with van der Waals surface area (Å²) in [6.45, 7) is 4.34. The van der Waals surface area contributed by atoms with Gasteiger partial charge in [-0.1, -0.05) is 12.1 Å². The van der Waals surface area contributed by atoms with E-state index in [1.165, 1.54) is 0 Å². The fourth-order valence-electron chi connectivity index (χ4n) is 3.81.